The van der Waals surface area contributed by atoms with Crippen molar-refractivity contribution in [1.29, 1.82) is 0 Å². The molecule has 0 radical (unpaired) electrons. The highest BCUT2D eigenvalue weighted by Crippen LogP contribution is 2.04. The van der Waals surface area contributed by atoms with E-state index in [1.165, 1.54) is 0 Å². The van der Waals surface area contributed by atoms with Gasteiger partial charge in [0.2, 0.25) is 0 Å². The second kappa shape index (κ2) is 15.9. The zero-order chi connectivity index (χ0) is 15.1. The van der Waals surface area contributed by atoms with Gasteiger partial charge in [-0.3, -0.25) is 9.59 Å². The Morgan fingerprint density at radius 3 is 1.78 bits per heavy atom. The Balaban J connectivity index is -0.000000506. The summed E-state index contributed by atoms with van der Waals surface area (Å²) in [6, 6.07) is -0.644. The number of hydrogen-bond acceptors (Lipinski definition) is 3. The number of hydrogen-bond donors (Lipinski definition) is 3. The molecular formula is C13H29NO4. The first-order valence-electron chi connectivity index (χ1n) is 6.61. The van der Waals surface area contributed by atoms with Crippen LogP contribution in [0.15, 0.2) is 0 Å². The lowest BCUT2D eigenvalue weighted by Gasteiger charge is -2.15. The maximum Gasteiger partial charge on any atom is 0.320 e. The molecule has 5 heteroatoms. The molecule has 0 amide bonds. The maximum atomic E-state index is 10.7. The van der Waals surface area contributed by atoms with Gasteiger partial charge in [0.05, 0.1) is 6.42 Å². The van der Waals surface area contributed by atoms with Crippen LogP contribution in [0.4, 0.5) is 0 Å². The van der Waals surface area contributed by atoms with Gasteiger partial charge in [-0.05, 0) is 12.3 Å². The number of nitrogens with one attached hydrogen (secondary N) is 1. The molecule has 0 aromatic rings. The van der Waals surface area contributed by atoms with Crippen molar-refractivity contribution in [2.45, 2.75) is 60.4 Å². The van der Waals surface area contributed by atoms with Gasteiger partial charge in [-0.1, -0.05) is 41.5 Å². The zero-order valence-corrected chi connectivity index (χ0v) is 12.5. The second-order valence-electron chi connectivity index (χ2n) is 3.62. The highest BCUT2D eigenvalue weighted by Gasteiger charge is 2.17. The van der Waals surface area contributed by atoms with Crippen molar-refractivity contribution < 1.29 is 19.8 Å². The first-order valence-corrected chi connectivity index (χ1v) is 6.61. The van der Waals surface area contributed by atoms with Crippen LogP contribution in [-0.4, -0.2) is 34.7 Å². The first kappa shape index (κ1) is 22.1. The van der Waals surface area contributed by atoms with Crippen LogP contribution in [0, 0.1) is 5.92 Å². The lowest BCUT2D eigenvalue weighted by molar-refractivity contribution is -0.141. The van der Waals surface area contributed by atoms with Gasteiger partial charge in [0.15, 0.2) is 0 Å². The normalized spacial score (nSPS) is 10.6. The lowest BCUT2D eigenvalue weighted by Crippen LogP contribution is -2.38. The summed E-state index contributed by atoms with van der Waals surface area (Å²) < 4.78 is 0. The van der Waals surface area contributed by atoms with E-state index in [4.69, 9.17) is 10.2 Å². The van der Waals surface area contributed by atoms with Crippen molar-refractivity contribution in [1.82, 2.24) is 5.32 Å². The van der Waals surface area contributed by atoms with E-state index in [1.807, 2.05) is 41.5 Å². The Morgan fingerprint density at radius 1 is 1.06 bits per heavy atom. The Labute approximate surface area is 111 Å². The topological polar surface area (TPSA) is 86.6 Å². The predicted molar refractivity (Wildman–Crippen MR) is 73.8 cm³/mol. The van der Waals surface area contributed by atoms with Gasteiger partial charge in [0.25, 0.3) is 0 Å². The predicted octanol–water partition coefficient (Wildman–Crippen LogP) is 2.60. The number of carboxylic acid groups (broad SMARTS) is 2. The van der Waals surface area contributed by atoms with E-state index < -0.39 is 18.0 Å². The van der Waals surface area contributed by atoms with E-state index in [0.29, 0.717) is 6.42 Å². The Morgan fingerprint density at radius 2 is 1.50 bits per heavy atom. The second-order valence-corrected chi connectivity index (χ2v) is 3.62. The van der Waals surface area contributed by atoms with Crippen molar-refractivity contribution in [3.8, 4) is 0 Å². The van der Waals surface area contributed by atoms with Crippen LogP contribution >= 0.6 is 0 Å². The van der Waals surface area contributed by atoms with Crippen LogP contribution < -0.4 is 5.32 Å². The van der Waals surface area contributed by atoms with E-state index in [0.717, 1.165) is 0 Å². The average molecular weight is 263 g/mol. The van der Waals surface area contributed by atoms with E-state index in [2.05, 4.69) is 5.32 Å². The molecule has 0 aliphatic heterocycles. The summed E-state index contributed by atoms with van der Waals surface area (Å²) in [7, 11) is 0. The van der Waals surface area contributed by atoms with E-state index in [1.54, 1.807) is 0 Å². The third kappa shape index (κ3) is 17.3. The molecule has 0 bridgehead atoms. The van der Waals surface area contributed by atoms with Gasteiger partial charge in [-0.15, -0.1) is 0 Å². The van der Waals surface area contributed by atoms with Gasteiger partial charge in [0, 0.05) is 6.54 Å². The molecule has 0 aliphatic rings. The van der Waals surface area contributed by atoms with Crippen molar-refractivity contribution in [3.63, 3.8) is 0 Å². The molecule has 0 aliphatic carbocycles. The highest BCUT2D eigenvalue weighted by molar-refractivity contribution is 5.73. The van der Waals surface area contributed by atoms with Crippen LogP contribution in [0.3, 0.4) is 0 Å². The van der Waals surface area contributed by atoms with Crippen LogP contribution in [0.2, 0.25) is 0 Å². The molecule has 0 aromatic carbocycles. The summed E-state index contributed by atoms with van der Waals surface area (Å²) in [4.78, 5) is 20.9. The van der Waals surface area contributed by atoms with E-state index in [9.17, 15) is 9.59 Å². The molecule has 0 aromatic heterocycles. The fraction of sp³-hybridized carbons (Fsp3) is 0.846. The van der Waals surface area contributed by atoms with Crippen LogP contribution in [0.1, 0.15) is 54.4 Å². The standard InChI is InChI=1S/C9H17NO4.2C2H6/c1-6(2)5-7(9(13)14)10-4-3-8(11)12;2*1-2/h6-7,10H,3-5H2,1-2H3,(H,11,12)(H,13,14);2*1-2H3. The van der Waals surface area contributed by atoms with Gasteiger partial charge in [0.1, 0.15) is 6.04 Å². The largest absolute Gasteiger partial charge is 0.481 e. The molecule has 0 saturated carbocycles. The molecular weight excluding hydrogens is 234 g/mol. The Hall–Kier alpha value is -1.10. The quantitative estimate of drug-likeness (QED) is 0.657. The van der Waals surface area contributed by atoms with Crippen LogP contribution in [-0.2, 0) is 9.59 Å². The molecule has 1 unspecified atom stereocenters. The summed E-state index contributed by atoms with van der Waals surface area (Å²) in [6.07, 6.45) is 0.455. The summed E-state index contributed by atoms with van der Waals surface area (Å²) in [5.74, 6) is -1.58. The Bertz CT molecular complexity index is 205. The summed E-state index contributed by atoms with van der Waals surface area (Å²) in [6.45, 7) is 12.0. The highest BCUT2D eigenvalue weighted by atomic mass is 16.4. The zero-order valence-electron chi connectivity index (χ0n) is 12.5. The van der Waals surface area contributed by atoms with Crippen molar-refractivity contribution in [2.24, 2.45) is 5.92 Å². The summed E-state index contributed by atoms with van der Waals surface area (Å²) >= 11 is 0. The van der Waals surface area contributed by atoms with Crippen LogP contribution in [0.5, 0.6) is 0 Å². The molecule has 5 nitrogen and oxygen atoms in total. The van der Waals surface area contributed by atoms with Gasteiger partial charge in [-0.25, -0.2) is 0 Å². The van der Waals surface area contributed by atoms with Crippen molar-refractivity contribution in [2.75, 3.05) is 6.54 Å². The first-order chi connectivity index (χ1) is 8.43. The maximum absolute atomic E-state index is 10.7. The molecule has 1 atom stereocenters. The van der Waals surface area contributed by atoms with Gasteiger partial charge >= 0.3 is 11.9 Å². The van der Waals surface area contributed by atoms with E-state index in [-0.39, 0.29) is 18.9 Å². The minimum absolute atomic E-state index is 0.0537. The van der Waals surface area contributed by atoms with Gasteiger partial charge < -0.3 is 15.5 Å². The van der Waals surface area contributed by atoms with Crippen LogP contribution in [0.25, 0.3) is 0 Å². The van der Waals surface area contributed by atoms with Gasteiger partial charge in [-0.2, -0.15) is 0 Å². The van der Waals surface area contributed by atoms with Crippen molar-refractivity contribution >= 4 is 11.9 Å². The minimum Gasteiger partial charge on any atom is -0.481 e. The van der Waals surface area contributed by atoms with E-state index >= 15 is 0 Å². The third-order valence-corrected chi connectivity index (χ3v) is 1.73. The molecule has 18 heavy (non-hydrogen) atoms. The molecule has 3 N–H and O–H groups in total. The number of carboxylic acids is 2. The minimum atomic E-state index is -0.927. The fourth-order valence-corrected chi connectivity index (χ4v) is 1.10. The van der Waals surface area contributed by atoms with Crippen molar-refractivity contribution in [3.05, 3.63) is 0 Å². The lowest BCUT2D eigenvalue weighted by atomic mass is 10.0. The number of aliphatic carboxylic acids is 2. The molecule has 0 spiro atoms. The number of carbonyl (C=O) groups is 2. The third-order valence-electron chi connectivity index (χ3n) is 1.73. The summed E-state index contributed by atoms with van der Waals surface area (Å²) in [5.41, 5.74) is 0. The molecule has 0 fully saturated rings. The molecule has 0 saturated heterocycles. The fourth-order valence-electron chi connectivity index (χ4n) is 1.10. The monoisotopic (exact) mass is 263 g/mol. The number of rotatable bonds is 7. The molecule has 110 valence electrons. The molecule has 0 heterocycles. The Kier molecular flexibility index (Phi) is 19.5. The average Bonchev–Trinajstić information content (AvgIpc) is 2.32. The SMILES string of the molecule is CC.CC.CC(C)CC(NCCC(=O)O)C(=O)O. The summed E-state index contributed by atoms with van der Waals surface area (Å²) in [5, 5.41) is 19.8. The smallest absolute Gasteiger partial charge is 0.320 e. The molecule has 0 rings (SSSR count).